The van der Waals surface area contributed by atoms with Crippen LogP contribution in [0.5, 0.6) is 0 Å². The van der Waals surface area contributed by atoms with E-state index in [2.05, 4.69) is 37.6 Å². The normalized spacial score (nSPS) is 11.1. The number of halogens is 1. The fourth-order valence-electron chi connectivity index (χ4n) is 2.77. The summed E-state index contributed by atoms with van der Waals surface area (Å²) >= 11 is 6.36. The molecule has 0 radical (unpaired) electrons. The lowest BCUT2D eigenvalue weighted by Crippen LogP contribution is -2.09. The summed E-state index contributed by atoms with van der Waals surface area (Å²) in [4.78, 5) is 0. The molecule has 4 heteroatoms. The Labute approximate surface area is 132 Å². The third-order valence-corrected chi connectivity index (χ3v) is 4.19. The number of hydrogen-bond donors (Lipinski definition) is 1. The summed E-state index contributed by atoms with van der Waals surface area (Å²) in [5, 5.41) is 5.59. The molecule has 0 fully saturated rings. The zero-order valence-corrected chi connectivity index (χ0v) is 13.9. The molecule has 2 rings (SSSR count). The largest absolute Gasteiger partial charge is 0.330 e. The van der Waals surface area contributed by atoms with Crippen LogP contribution < -0.4 is 5.73 Å². The quantitative estimate of drug-likeness (QED) is 0.887. The predicted molar refractivity (Wildman–Crippen MR) is 89.0 cm³/mol. The SMILES string of the molecule is CCc1nn(Cc2ccc(C)cc2Cl)c(CC)c1CCN. The Bertz CT molecular complexity index is 617. The van der Waals surface area contributed by atoms with Gasteiger partial charge < -0.3 is 5.73 Å². The highest BCUT2D eigenvalue weighted by molar-refractivity contribution is 6.31. The van der Waals surface area contributed by atoms with Crippen molar-refractivity contribution < 1.29 is 0 Å². The van der Waals surface area contributed by atoms with Crippen molar-refractivity contribution in [3.63, 3.8) is 0 Å². The lowest BCUT2D eigenvalue weighted by Gasteiger charge is -2.10. The molecule has 2 N–H and O–H groups in total. The van der Waals surface area contributed by atoms with Crippen molar-refractivity contribution in [2.75, 3.05) is 6.54 Å². The van der Waals surface area contributed by atoms with E-state index in [9.17, 15) is 0 Å². The van der Waals surface area contributed by atoms with Gasteiger partial charge in [-0.25, -0.2) is 0 Å². The fourth-order valence-corrected chi connectivity index (χ4v) is 3.07. The molecule has 0 aliphatic carbocycles. The van der Waals surface area contributed by atoms with E-state index in [-0.39, 0.29) is 0 Å². The molecular formula is C17H24ClN3. The van der Waals surface area contributed by atoms with Gasteiger partial charge in [-0.2, -0.15) is 5.10 Å². The predicted octanol–water partition coefficient (Wildman–Crippen LogP) is 3.52. The van der Waals surface area contributed by atoms with Gasteiger partial charge in [0.05, 0.1) is 12.2 Å². The van der Waals surface area contributed by atoms with E-state index in [1.165, 1.54) is 22.5 Å². The van der Waals surface area contributed by atoms with Crippen molar-refractivity contribution in [2.45, 2.75) is 46.6 Å². The Balaban J connectivity index is 2.39. The summed E-state index contributed by atoms with van der Waals surface area (Å²) in [6, 6.07) is 6.19. The molecule has 0 amide bonds. The summed E-state index contributed by atoms with van der Waals surface area (Å²) < 4.78 is 2.10. The molecule has 114 valence electrons. The zero-order valence-electron chi connectivity index (χ0n) is 13.1. The maximum atomic E-state index is 6.36. The molecule has 1 heterocycles. The van der Waals surface area contributed by atoms with Crippen LogP contribution >= 0.6 is 11.6 Å². The van der Waals surface area contributed by atoms with Gasteiger partial charge in [-0.3, -0.25) is 4.68 Å². The molecule has 3 nitrogen and oxygen atoms in total. The lowest BCUT2D eigenvalue weighted by molar-refractivity contribution is 0.639. The van der Waals surface area contributed by atoms with Gasteiger partial charge in [0.15, 0.2) is 0 Å². The van der Waals surface area contributed by atoms with E-state index < -0.39 is 0 Å². The van der Waals surface area contributed by atoms with Crippen LogP contribution in [0.3, 0.4) is 0 Å². The van der Waals surface area contributed by atoms with Crippen LogP contribution in [0.15, 0.2) is 18.2 Å². The minimum absolute atomic E-state index is 0.664. The molecule has 1 aromatic heterocycles. The molecule has 21 heavy (non-hydrogen) atoms. The van der Waals surface area contributed by atoms with E-state index in [1.807, 2.05) is 6.07 Å². The van der Waals surface area contributed by atoms with Crippen molar-refractivity contribution in [1.82, 2.24) is 9.78 Å². The first kappa shape index (κ1) is 16.1. The van der Waals surface area contributed by atoms with Gasteiger partial charge in [0.25, 0.3) is 0 Å². The van der Waals surface area contributed by atoms with Gasteiger partial charge in [0.1, 0.15) is 0 Å². The molecule has 0 atom stereocenters. The monoisotopic (exact) mass is 305 g/mol. The summed E-state index contributed by atoms with van der Waals surface area (Å²) in [7, 11) is 0. The average molecular weight is 306 g/mol. The van der Waals surface area contributed by atoms with E-state index in [1.54, 1.807) is 0 Å². The van der Waals surface area contributed by atoms with E-state index in [0.717, 1.165) is 36.4 Å². The molecule has 0 saturated carbocycles. The first-order valence-corrected chi connectivity index (χ1v) is 8.01. The van der Waals surface area contributed by atoms with Crippen molar-refractivity contribution in [3.05, 3.63) is 51.3 Å². The summed E-state index contributed by atoms with van der Waals surface area (Å²) in [5.74, 6) is 0. The van der Waals surface area contributed by atoms with Gasteiger partial charge in [-0.15, -0.1) is 0 Å². The van der Waals surface area contributed by atoms with E-state index in [4.69, 9.17) is 22.4 Å². The molecule has 0 unspecified atom stereocenters. The van der Waals surface area contributed by atoms with Crippen LogP contribution in [0, 0.1) is 6.92 Å². The van der Waals surface area contributed by atoms with Crippen LogP contribution in [0.2, 0.25) is 5.02 Å². The first-order valence-electron chi connectivity index (χ1n) is 7.63. The number of nitrogens with zero attached hydrogens (tertiary/aromatic N) is 2. The Kier molecular flexibility index (Phi) is 5.43. The summed E-state index contributed by atoms with van der Waals surface area (Å²) in [5.41, 5.74) is 11.8. The van der Waals surface area contributed by atoms with Crippen LogP contribution in [0.1, 0.15) is 41.9 Å². The lowest BCUT2D eigenvalue weighted by atomic mass is 10.1. The smallest absolute Gasteiger partial charge is 0.0677 e. The molecule has 2 aromatic rings. The van der Waals surface area contributed by atoms with Gasteiger partial charge in [-0.1, -0.05) is 37.6 Å². The maximum absolute atomic E-state index is 6.36. The Morgan fingerprint density at radius 1 is 1.24 bits per heavy atom. The van der Waals surface area contributed by atoms with Crippen LogP contribution in [-0.4, -0.2) is 16.3 Å². The van der Waals surface area contributed by atoms with Crippen LogP contribution in [0.4, 0.5) is 0 Å². The third kappa shape index (κ3) is 3.47. The summed E-state index contributed by atoms with van der Waals surface area (Å²) in [6.07, 6.45) is 2.80. The number of hydrogen-bond acceptors (Lipinski definition) is 2. The summed E-state index contributed by atoms with van der Waals surface area (Å²) in [6.45, 7) is 7.75. The second kappa shape index (κ2) is 7.10. The highest BCUT2D eigenvalue weighted by Crippen LogP contribution is 2.22. The van der Waals surface area contributed by atoms with Crippen molar-refractivity contribution >= 4 is 11.6 Å². The van der Waals surface area contributed by atoms with Gasteiger partial charge in [0.2, 0.25) is 0 Å². The minimum Gasteiger partial charge on any atom is -0.330 e. The Morgan fingerprint density at radius 3 is 2.57 bits per heavy atom. The van der Waals surface area contributed by atoms with Gasteiger partial charge >= 0.3 is 0 Å². The van der Waals surface area contributed by atoms with Crippen molar-refractivity contribution in [1.29, 1.82) is 0 Å². The highest BCUT2D eigenvalue weighted by atomic mass is 35.5. The second-order valence-electron chi connectivity index (χ2n) is 5.37. The topological polar surface area (TPSA) is 43.8 Å². The molecular weight excluding hydrogens is 282 g/mol. The van der Waals surface area contributed by atoms with Gasteiger partial charge in [0, 0.05) is 10.7 Å². The van der Waals surface area contributed by atoms with Crippen molar-refractivity contribution in [3.8, 4) is 0 Å². The molecule has 0 aliphatic rings. The Morgan fingerprint density at radius 2 is 2.00 bits per heavy atom. The first-order chi connectivity index (χ1) is 10.1. The van der Waals surface area contributed by atoms with E-state index in [0.29, 0.717) is 6.54 Å². The minimum atomic E-state index is 0.664. The fraction of sp³-hybridized carbons (Fsp3) is 0.471. The average Bonchev–Trinajstić information content (AvgIpc) is 2.79. The van der Waals surface area contributed by atoms with E-state index >= 15 is 0 Å². The number of nitrogens with two attached hydrogens (primary N) is 1. The number of benzene rings is 1. The van der Waals surface area contributed by atoms with Crippen molar-refractivity contribution in [2.24, 2.45) is 5.73 Å². The second-order valence-corrected chi connectivity index (χ2v) is 5.78. The number of rotatable bonds is 6. The third-order valence-electron chi connectivity index (χ3n) is 3.84. The number of aryl methyl sites for hydroxylation is 2. The molecule has 0 bridgehead atoms. The molecule has 0 spiro atoms. The molecule has 0 saturated heterocycles. The standard InChI is InChI=1S/C17H24ClN3/c1-4-16-14(8-9-19)17(5-2)21(20-16)11-13-7-6-12(3)10-15(13)18/h6-7,10H,4-5,8-9,11,19H2,1-3H3. The number of aromatic nitrogens is 2. The zero-order chi connectivity index (χ0) is 15.4. The molecule has 1 aromatic carbocycles. The van der Waals surface area contributed by atoms with Crippen LogP contribution in [0.25, 0.3) is 0 Å². The Hall–Kier alpha value is -1.32. The maximum Gasteiger partial charge on any atom is 0.0677 e. The van der Waals surface area contributed by atoms with Crippen LogP contribution in [-0.2, 0) is 25.8 Å². The highest BCUT2D eigenvalue weighted by Gasteiger charge is 2.15. The van der Waals surface area contributed by atoms with Gasteiger partial charge in [-0.05, 0) is 55.5 Å². The molecule has 0 aliphatic heterocycles.